The second-order valence-electron chi connectivity index (χ2n) is 6.63. The molecule has 1 aliphatic rings. The molecule has 0 radical (unpaired) electrons. The summed E-state index contributed by atoms with van der Waals surface area (Å²) in [6.45, 7) is 2.50. The van der Waals surface area contributed by atoms with Gasteiger partial charge in [-0.2, -0.15) is 4.31 Å². The second kappa shape index (κ2) is 8.31. The van der Waals surface area contributed by atoms with Gasteiger partial charge in [0.1, 0.15) is 0 Å². The van der Waals surface area contributed by atoms with Crippen molar-refractivity contribution < 1.29 is 13.2 Å². The van der Waals surface area contributed by atoms with Crippen molar-refractivity contribution in [1.29, 1.82) is 0 Å². The molecule has 3 rings (SSSR count). The molecule has 0 spiro atoms. The summed E-state index contributed by atoms with van der Waals surface area (Å²) in [7, 11) is -3.60. The number of carbonyl (C=O) groups is 1. The summed E-state index contributed by atoms with van der Waals surface area (Å²) < 4.78 is 27.9. The minimum atomic E-state index is -3.60. The van der Waals surface area contributed by atoms with Crippen LogP contribution in [0.4, 0.5) is 5.69 Å². The minimum Gasteiger partial charge on any atom is -0.326 e. The Morgan fingerprint density at radius 1 is 1.22 bits per heavy atom. The minimum absolute atomic E-state index is 0.173. The highest BCUT2D eigenvalue weighted by atomic mass is 79.9. The molecular formula is C19H20BrClN2O3S. The van der Waals surface area contributed by atoms with Gasteiger partial charge >= 0.3 is 0 Å². The molecule has 8 heteroatoms. The molecule has 5 nitrogen and oxygen atoms in total. The Bertz CT molecular complexity index is 948. The number of nitrogens with zero attached hydrogens (tertiary/aromatic N) is 1. The van der Waals surface area contributed by atoms with Crippen LogP contribution in [0.5, 0.6) is 0 Å². The van der Waals surface area contributed by atoms with Crippen molar-refractivity contribution in [1.82, 2.24) is 4.31 Å². The summed E-state index contributed by atoms with van der Waals surface area (Å²) in [4.78, 5) is 12.9. The molecule has 1 atom stereocenters. The van der Waals surface area contributed by atoms with Crippen LogP contribution in [0.25, 0.3) is 0 Å². The number of rotatable bonds is 4. The largest absolute Gasteiger partial charge is 0.326 e. The SMILES string of the molecule is Cc1ccc(S(=O)(=O)N2CCC[C@H](C(=O)Nc3ccc(Br)c(Cl)c3)C2)cc1. The van der Waals surface area contributed by atoms with Gasteiger partial charge in [-0.25, -0.2) is 8.42 Å². The monoisotopic (exact) mass is 470 g/mol. The molecule has 27 heavy (non-hydrogen) atoms. The van der Waals surface area contributed by atoms with E-state index in [4.69, 9.17) is 11.6 Å². The number of carbonyl (C=O) groups excluding carboxylic acids is 1. The molecule has 0 aromatic heterocycles. The van der Waals surface area contributed by atoms with Crippen molar-refractivity contribution in [3.8, 4) is 0 Å². The molecule has 0 bridgehead atoms. The molecule has 1 fully saturated rings. The van der Waals surface area contributed by atoms with Crippen molar-refractivity contribution in [3.05, 3.63) is 57.5 Å². The molecule has 2 aromatic carbocycles. The van der Waals surface area contributed by atoms with Gasteiger partial charge in [-0.15, -0.1) is 0 Å². The third kappa shape index (κ3) is 4.71. The Balaban J connectivity index is 1.72. The average molecular weight is 472 g/mol. The summed E-state index contributed by atoms with van der Waals surface area (Å²) in [5.41, 5.74) is 1.59. The Hall–Kier alpha value is -1.41. The molecule has 0 unspecified atom stereocenters. The van der Waals surface area contributed by atoms with Crippen molar-refractivity contribution in [3.63, 3.8) is 0 Å². The van der Waals surface area contributed by atoms with Crippen molar-refractivity contribution in [2.24, 2.45) is 5.92 Å². The number of halogens is 2. The van der Waals surface area contributed by atoms with E-state index in [1.165, 1.54) is 4.31 Å². The van der Waals surface area contributed by atoms with Crippen LogP contribution in [0, 0.1) is 12.8 Å². The molecule has 1 heterocycles. The van der Waals surface area contributed by atoms with E-state index in [1.54, 1.807) is 42.5 Å². The molecule has 1 aliphatic heterocycles. The maximum atomic E-state index is 12.9. The van der Waals surface area contributed by atoms with Crippen LogP contribution in [0.15, 0.2) is 51.8 Å². The van der Waals surface area contributed by atoms with Crippen LogP contribution < -0.4 is 5.32 Å². The van der Waals surface area contributed by atoms with Crippen molar-refractivity contribution >= 4 is 49.1 Å². The fourth-order valence-corrected chi connectivity index (χ4v) is 5.00. The van der Waals surface area contributed by atoms with E-state index in [1.807, 2.05) is 6.92 Å². The zero-order valence-electron chi connectivity index (χ0n) is 14.8. The lowest BCUT2D eigenvalue weighted by Gasteiger charge is -2.31. The summed E-state index contributed by atoms with van der Waals surface area (Å²) in [5.74, 6) is -0.599. The maximum absolute atomic E-state index is 12.9. The molecule has 1 N–H and O–H groups in total. The number of sulfonamides is 1. The van der Waals surface area contributed by atoms with Gasteiger partial charge in [0.05, 0.1) is 15.8 Å². The summed E-state index contributed by atoms with van der Waals surface area (Å²) in [5, 5.41) is 3.33. The fraction of sp³-hybridized carbons (Fsp3) is 0.316. The highest BCUT2D eigenvalue weighted by molar-refractivity contribution is 9.10. The highest BCUT2D eigenvalue weighted by Crippen LogP contribution is 2.28. The third-order valence-corrected chi connectivity index (χ3v) is 7.71. The van der Waals surface area contributed by atoms with Crippen LogP contribution in [0.1, 0.15) is 18.4 Å². The highest BCUT2D eigenvalue weighted by Gasteiger charge is 2.33. The van der Waals surface area contributed by atoms with E-state index in [-0.39, 0.29) is 17.3 Å². The van der Waals surface area contributed by atoms with Gasteiger partial charge in [0.2, 0.25) is 15.9 Å². The predicted molar refractivity (Wildman–Crippen MR) is 110 cm³/mol. The third-order valence-electron chi connectivity index (χ3n) is 4.60. The number of benzene rings is 2. The molecule has 0 saturated carbocycles. The number of aryl methyl sites for hydroxylation is 1. The first-order valence-electron chi connectivity index (χ1n) is 8.60. The number of hydrogen-bond donors (Lipinski definition) is 1. The zero-order chi connectivity index (χ0) is 19.6. The Morgan fingerprint density at radius 3 is 2.59 bits per heavy atom. The lowest BCUT2D eigenvalue weighted by atomic mass is 9.99. The summed E-state index contributed by atoms with van der Waals surface area (Å²) >= 11 is 9.37. The molecule has 2 aromatic rings. The standard InChI is InChI=1S/C19H20BrClN2O3S/c1-13-4-7-16(8-5-13)27(25,26)23-10-2-3-14(12-23)19(24)22-15-6-9-17(20)18(21)11-15/h4-9,11,14H,2-3,10,12H2,1H3,(H,22,24)/t14-/m0/s1. The van der Waals surface area contributed by atoms with Crippen LogP contribution in [0.2, 0.25) is 5.02 Å². The van der Waals surface area contributed by atoms with E-state index in [0.29, 0.717) is 30.1 Å². The topological polar surface area (TPSA) is 66.5 Å². The van der Waals surface area contributed by atoms with E-state index < -0.39 is 15.9 Å². The van der Waals surface area contributed by atoms with E-state index in [0.717, 1.165) is 10.0 Å². The van der Waals surface area contributed by atoms with E-state index in [2.05, 4.69) is 21.2 Å². The molecule has 0 aliphatic carbocycles. The smallest absolute Gasteiger partial charge is 0.243 e. The van der Waals surface area contributed by atoms with Crippen molar-refractivity contribution in [2.75, 3.05) is 18.4 Å². The quantitative estimate of drug-likeness (QED) is 0.716. The van der Waals surface area contributed by atoms with Gasteiger partial charge in [0.25, 0.3) is 0 Å². The molecule has 1 saturated heterocycles. The number of piperidine rings is 1. The lowest BCUT2D eigenvalue weighted by molar-refractivity contribution is -0.120. The Kier molecular flexibility index (Phi) is 6.25. The number of hydrogen-bond acceptors (Lipinski definition) is 3. The second-order valence-corrected chi connectivity index (χ2v) is 9.83. The molecular weight excluding hydrogens is 452 g/mol. The van der Waals surface area contributed by atoms with Crippen LogP contribution in [0.3, 0.4) is 0 Å². The Morgan fingerprint density at radius 2 is 1.93 bits per heavy atom. The van der Waals surface area contributed by atoms with Crippen molar-refractivity contribution in [2.45, 2.75) is 24.7 Å². The Labute approximate surface area is 172 Å². The van der Waals surface area contributed by atoms with Gasteiger partial charge in [-0.3, -0.25) is 4.79 Å². The first-order chi connectivity index (χ1) is 12.8. The number of nitrogens with one attached hydrogen (secondary N) is 1. The van der Waals surface area contributed by atoms with Crippen LogP contribution in [-0.2, 0) is 14.8 Å². The molecule has 144 valence electrons. The zero-order valence-corrected chi connectivity index (χ0v) is 17.9. The van der Waals surface area contributed by atoms with Gasteiger partial charge in [0.15, 0.2) is 0 Å². The number of amides is 1. The summed E-state index contributed by atoms with van der Waals surface area (Å²) in [6, 6.07) is 11.9. The first-order valence-corrected chi connectivity index (χ1v) is 11.2. The lowest BCUT2D eigenvalue weighted by Crippen LogP contribution is -2.43. The maximum Gasteiger partial charge on any atom is 0.243 e. The normalized spacial score (nSPS) is 18.3. The predicted octanol–water partition coefficient (Wildman–Crippen LogP) is 4.45. The fourth-order valence-electron chi connectivity index (χ4n) is 3.05. The van der Waals surface area contributed by atoms with Gasteiger partial charge < -0.3 is 5.32 Å². The van der Waals surface area contributed by atoms with Gasteiger partial charge in [0, 0.05) is 23.2 Å². The van der Waals surface area contributed by atoms with Crippen LogP contribution >= 0.6 is 27.5 Å². The van der Waals surface area contributed by atoms with E-state index in [9.17, 15) is 13.2 Å². The average Bonchev–Trinajstić information content (AvgIpc) is 2.65. The van der Waals surface area contributed by atoms with Crippen LogP contribution in [-0.4, -0.2) is 31.7 Å². The van der Waals surface area contributed by atoms with Gasteiger partial charge in [-0.05, 0) is 66.0 Å². The van der Waals surface area contributed by atoms with Gasteiger partial charge in [-0.1, -0.05) is 29.3 Å². The number of anilines is 1. The molecule has 1 amide bonds. The summed E-state index contributed by atoms with van der Waals surface area (Å²) in [6.07, 6.45) is 1.29. The van der Waals surface area contributed by atoms with E-state index >= 15 is 0 Å². The first kappa shape index (κ1) is 20.3.